The quantitative estimate of drug-likeness (QED) is 0.749. The molecule has 4 heteroatoms. The standard InChI is InChI=1S/C10H17N3O/c1-8-10(6-12(2)11-8)13-4-3-9(5-13)7-14/h6,9,14H,3-5,7H2,1-2H3. The molecule has 1 atom stereocenters. The molecule has 1 fully saturated rings. The van der Waals surface area contributed by atoms with Gasteiger partial charge >= 0.3 is 0 Å². The summed E-state index contributed by atoms with van der Waals surface area (Å²) in [6, 6.07) is 0. The average molecular weight is 195 g/mol. The van der Waals surface area contributed by atoms with Crippen LogP contribution in [0.3, 0.4) is 0 Å². The fraction of sp³-hybridized carbons (Fsp3) is 0.700. The molecule has 0 spiro atoms. The maximum absolute atomic E-state index is 9.06. The predicted molar refractivity (Wildman–Crippen MR) is 55.4 cm³/mol. The number of hydrogen-bond acceptors (Lipinski definition) is 3. The molecule has 14 heavy (non-hydrogen) atoms. The summed E-state index contributed by atoms with van der Waals surface area (Å²) in [5.74, 6) is 0.439. The van der Waals surface area contributed by atoms with E-state index in [1.165, 1.54) is 5.69 Å². The summed E-state index contributed by atoms with van der Waals surface area (Å²) in [4.78, 5) is 2.31. The molecule has 1 aromatic rings. The molecule has 0 aromatic carbocycles. The molecule has 0 radical (unpaired) electrons. The normalized spacial score (nSPS) is 21.9. The lowest BCUT2D eigenvalue weighted by atomic mass is 10.1. The third kappa shape index (κ3) is 1.62. The Kier molecular flexibility index (Phi) is 2.46. The lowest BCUT2D eigenvalue weighted by Crippen LogP contribution is -2.20. The lowest BCUT2D eigenvalue weighted by Gasteiger charge is -2.16. The summed E-state index contributed by atoms with van der Waals surface area (Å²) in [6.07, 6.45) is 3.14. The van der Waals surface area contributed by atoms with Crippen LogP contribution in [0.15, 0.2) is 6.20 Å². The largest absolute Gasteiger partial charge is 0.396 e. The number of hydrogen-bond donors (Lipinski definition) is 1. The number of anilines is 1. The zero-order valence-electron chi connectivity index (χ0n) is 8.77. The molecule has 78 valence electrons. The zero-order chi connectivity index (χ0) is 10.1. The van der Waals surface area contributed by atoms with Gasteiger partial charge in [0.25, 0.3) is 0 Å². The Hall–Kier alpha value is -1.03. The zero-order valence-corrected chi connectivity index (χ0v) is 8.77. The molecule has 2 heterocycles. The minimum Gasteiger partial charge on any atom is -0.396 e. The van der Waals surface area contributed by atoms with Crippen LogP contribution in [0, 0.1) is 12.8 Å². The Labute approximate surface area is 84.1 Å². The first kappa shape index (κ1) is 9.52. The second-order valence-electron chi connectivity index (χ2n) is 4.06. The fourth-order valence-electron chi connectivity index (χ4n) is 2.10. The second-order valence-corrected chi connectivity index (χ2v) is 4.06. The van der Waals surface area contributed by atoms with E-state index >= 15 is 0 Å². The van der Waals surface area contributed by atoms with Crippen molar-refractivity contribution < 1.29 is 5.11 Å². The number of rotatable bonds is 2. The molecule has 1 aliphatic rings. The highest BCUT2D eigenvalue weighted by Crippen LogP contribution is 2.25. The van der Waals surface area contributed by atoms with Gasteiger partial charge in [-0.2, -0.15) is 5.10 Å². The van der Waals surface area contributed by atoms with Gasteiger partial charge in [-0.15, -0.1) is 0 Å². The highest BCUT2D eigenvalue weighted by atomic mass is 16.3. The summed E-state index contributed by atoms with van der Waals surface area (Å²) < 4.78 is 1.84. The summed E-state index contributed by atoms with van der Waals surface area (Å²) in [6.45, 7) is 4.33. The van der Waals surface area contributed by atoms with Gasteiger partial charge < -0.3 is 10.0 Å². The van der Waals surface area contributed by atoms with Crippen molar-refractivity contribution in [3.8, 4) is 0 Å². The SMILES string of the molecule is Cc1nn(C)cc1N1CCC(CO)C1. The van der Waals surface area contributed by atoms with E-state index < -0.39 is 0 Å². The van der Waals surface area contributed by atoms with E-state index in [4.69, 9.17) is 5.11 Å². The molecule has 2 rings (SSSR count). The van der Waals surface area contributed by atoms with Crippen molar-refractivity contribution in [2.75, 3.05) is 24.6 Å². The minimum absolute atomic E-state index is 0.301. The first-order chi connectivity index (χ1) is 6.70. The van der Waals surface area contributed by atoms with Crippen molar-refractivity contribution in [2.24, 2.45) is 13.0 Å². The topological polar surface area (TPSA) is 41.3 Å². The van der Waals surface area contributed by atoms with Gasteiger partial charge in [0.05, 0.1) is 11.4 Å². The van der Waals surface area contributed by atoms with Gasteiger partial charge in [0.15, 0.2) is 0 Å². The van der Waals surface area contributed by atoms with Crippen LogP contribution in [0.1, 0.15) is 12.1 Å². The molecule has 1 saturated heterocycles. The molecule has 0 saturated carbocycles. The smallest absolute Gasteiger partial charge is 0.0827 e. The molecule has 1 aromatic heterocycles. The highest BCUT2D eigenvalue weighted by Gasteiger charge is 2.23. The van der Waals surface area contributed by atoms with Crippen molar-refractivity contribution >= 4 is 5.69 Å². The van der Waals surface area contributed by atoms with Crippen molar-refractivity contribution in [3.05, 3.63) is 11.9 Å². The van der Waals surface area contributed by atoms with Crippen LogP contribution in [0.25, 0.3) is 0 Å². The molecule has 0 amide bonds. The van der Waals surface area contributed by atoms with Gasteiger partial charge in [0.1, 0.15) is 0 Å². The van der Waals surface area contributed by atoms with Gasteiger partial charge in [-0.25, -0.2) is 0 Å². The van der Waals surface area contributed by atoms with Gasteiger partial charge in [0.2, 0.25) is 0 Å². The van der Waals surface area contributed by atoms with E-state index in [1.54, 1.807) is 0 Å². The van der Waals surface area contributed by atoms with E-state index in [-0.39, 0.29) is 0 Å². The maximum Gasteiger partial charge on any atom is 0.0827 e. The van der Waals surface area contributed by atoms with Crippen LogP contribution >= 0.6 is 0 Å². The molecule has 1 aliphatic heterocycles. The number of aromatic nitrogens is 2. The third-order valence-corrected chi connectivity index (χ3v) is 2.87. The predicted octanol–water partition coefficient (Wildman–Crippen LogP) is 0.547. The summed E-state index contributed by atoms with van der Waals surface area (Å²) >= 11 is 0. The number of aryl methyl sites for hydroxylation is 2. The van der Waals surface area contributed by atoms with E-state index in [2.05, 4.69) is 16.2 Å². The monoisotopic (exact) mass is 195 g/mol. The van der Waals surface area contributed by atoms with Crippen molar-refractivity contribution in [1.82, 2.24) is 9.78 Å². The molecule has 0 bridgehead atoms. The van der Waals surface area contributed by atoms with E-state index in [9.17, 15) is 0 Å². The Morgan fingerprint density at radius 3 is 2.93 bits per heavy atom. The van der Waals surface area contributed by atoms with Crippen LogP contribution in [-0.4, -0.2) is 34.6 Å². The second kappa shape index (κ2) is 3.61. The van der Waals surface area contributed by atoms with Crippen LogP contribution in [0.4, 0.5) is 5.69 Å². The summed E-state index contributed by atoms with van der Waals surface area (Å²) in [7, 11) is 1.94. The Morgan fingerprint density at radius 2 is 2.43 bits per heavy atom. The van der Waals surface area contributed by atoms with E-state index in [0.29, 0.717) is 12.5 Å². The van der Waals surface area contributed by atoms with Gasteiger partial charge in [-0.3, -0.25) is 4.68 Å². The summed E-state index contributed by atoms with van der Waals surface area (Å²) in [5, 5.41) is 13.4. The average Bonchev–Trinajstić information content (AvgIpc) is 2.71. The molecule has 1 unspecified atom stereocenters. The molecule has 0 aliphatic carbocycles. The Bertz CT molecular complexity index is 321. The van der Waals surface area contributed by atoms with Gasteiger partial charge in [-0.05, 0) is 13.3 Å². The van der Waals surface area contributed by atoms with Crippen molar-refractivity contribution in [3.63, 3.8) is 0 Å². The molecular formula is C10H17N3O. The van der Waals surface area contributed by atoms with Crippen LogP contribution in [0.5, 0.6) is 0 Å². The van der Waals surface area contributed by atoms with Crippen LogP contribution in [0.2, 0.25) is 0 Å². The molecule has 1 N–H and O–H groups in total. The number of aliphatic hydroxyl groups is 1. The number of nitrogens with zero attached hydrogens (tertiary/aromatic N) is 3. The van der Waals surface area contributed by atoms with E-state index in [1.807, 2.05) is 18.7 Å². The third-order valence-electron chi connectivity index (χ3n) is 2.87. The van der Waals surface area contributed by atoms with Gasteiger partial charge in [-0.1, -0.05) is 0 Å². The van der Waals surface area contributed by atoms with Gasteiger partial charge in [0, 0.05) is 38.9 Å². The first-order valence-electron chi connectivity index (χ1n) is 5.06. The summed E-state index contributed by atoms with van der Waals surface area (Å²) in [5.41, 5.74) is 2.29. The van der Waals surface area contributed by atoms with Crippen molar-refractivity contribution in [1.29, 1.82) is 0 Å². The first-order valence-corrected chi connectivity index (χ1v) is 5.06. The van der Waals surface area contributed by atoms with E-state index in [0.717, 1.165) is 25.2 Å². The Balaban J connectivity index is 2.13. The minimum atomic E-state index is 0.301. The Morgan fingerprint density at radius 1 is 1.64 bits per heavy atom. The lowest BCUT2D eigenvalue weighted by molar-refractivity contribution is 0.238. The maximum atomic E-state index is 9.06. The van der Waals surface area contributed by atoms with Crippen LogP contribution < -0.4 is 4.90 Å². The molecule has 4 nitrogen and oxygen atoms in total. The van der Waals surface area contributed by atoms with Crippen LogP contribution in [-0.2, 0) is 7.05 Å². The highest BCUT2D eigenvalue weighted by molar-refractivity contribution is 5.49. The fourth-order valence-corrected chi connectivity index (χ4v) is 2.10. The molecular weight excluding hydrogens is 178 g/mol. The van der Waals surface area contributed by atoms with Crippen molar-refractivity contribution in [2.45, 2.75) is 13.3 Å². The number of aliphatic hydroxyl groups excluding tert-OH is 1.